The molecular formula is C11H16O2P. The van der Waals surface area contributed by atoms with Gasteiger partial charge in [-0.3, -0.25) is 0 Å². The van der Waals surface area contributed by atoms with Crippen molar-refractivity contribution in [3.63, 3.8) is 0 Å². The summed E-state index contributed by atoms with van der Waals surface area (Å²) in [6.07, 6.45) is 1.40. The van der Waals surface area contributed by atoms with Gasteiger partial charge in [0.2, 0.25) is 0 Å². The van der Waals surface area contributed by atoms with Gasteiger partial charge in [-0.15, -0.1) is 0 Å². The van der Waals surface area contributed by atoms with Crippen LogP contribution in [-0.4, -0.2) is 12.8 Å². The third-order valence-corrected chi connectivity index (χ3v) is 3.63. The molecule has 0 aromatic heterocycles. The van der Waals surface area contributed by atoms with Gasteiger partial charge >= 0.3 is 0 Å². The van der Waals surface area contributed by atoms with Crippen LogP contribution in [0.15, 0.2) is 24.3 Å². The molecule has 1 unspecified atom stereocenters. The predicted molar refractivity (Wildman–Crippen MR) is 61.1 cm³/mol. The highest BCUT2D eigenvalue weighted by atomic mass is 31.1. The second-order valence-corrected chi connectivity index (χ2v) is 4.91. The van der Waals surface area contributed by atoms with Crippen LogP contribution in [0.5, 0.6) is 5.75 Å². The molecule has 0 fully saturated rings. The fraction of sp³-hybridized carbons (Fsp3) is 0.364. The molecule has 0 saturated heterocycles. The van der Waals surface area contributed by atoms with Gasteiger partial charge in [-0.2, -0.15) is 0 Å². The van der Waals surface area contributed by atoms with Crippen molar-refractivity contribution in [1.82, 2.24) is 0 Å². The van der Waals surface area contributed by atoms with E-state index in [1.165, 1.54) is 0 Å². The maximum absolute atomic E-state index is 11.7. The average molecular weight is 211 g/mol. The maximum atomic E-state index is 11.7. The summed E-state index contributed by atoms with van der Waals surface area (Å²) < 4.78 is 17.0. The molecule has 0 aliphatic carbocycles. The minimum atomic E-state index is -1.65. The molecule has 0 aliphatic heterocycles. The van der Waals surface area contributed by atoms with Gasteiger partial charge in [-0.05, 0) is 25.5 Å². The Balaban J connectivity index is 2.77. The van der Waals surface area contributed by atoms with Gasteiger partial charge in [0.1, 0.15) is 13.6 Å². The van der Waals surface area contributed by atoms with E-state index in [2.05, 4.69) is 6.92 Å². The second kappa shape index (κ2) is 5.87. The van der Waals surface area contributed by atoms with E-state index in [0.717, 1.165) is 17.5 Å². The topological polar surface area (TPSA) is 26.3 Å². The Hall–Kier alpha value is -0.750. The lowest BCUT2D eigenvalue weighted by Crippen LogP contribution is -2.00. The lowest BCUT2D eigenvalue weighted by atomic mass is 10.3. The van der Waals surface area contributed by atoms with Crippen LogP contribution in [0, 0.1) is 6.92 Å². The zero-order valence-corrected chi connectivity index (χ0v) is 9.45. The molecule has 1 aromatic rings. The molecular weight excluding hydrogens is 195 g/mol. The molecule has 0 bridgehead atoms. The summed E-state index contributed by atoms with van der Waals surface area (Å²) in [4.78, 5) is 0. The summed E-state index contributed by atoms with van der Waals surface area (Å²) in [6.45, 7) is 6.28. The molecule has 0 amide bonds. The van der Waals surface area contributed by atoms with E-state index in [1.54, 1.807) is 0 Å². The van der Waals surface area contributed by atoms with Crippen molar-refractivity contribution in [1.29, 1.82) is 0 Å². The van der Waals surface area contributed by atoms with E-state index in [0.29, 0.717) is 12.8 Å². The van der Waals surface area contributed by atoms with Crippen molar-refractivity contribution in [2.45, 2.75) is 13.3 Å². The summed E-state index contributed by atoms with van der Waals surface area (Å²) in [5.74, 6) is 0.799. The highest BCUT2D eigenvalue weighted by Gasteiger charge is 2.03. The predicted octanol–water partition coefficient (Wildman–Crippen LogP) is 2.49. The highest BCUT2D eigenvalue weighted by Crippen LogP contribution is 2.22. The lowest BCUT2D eigenvalue weighted by molar-refractivity contribution is 0.340. The van der Waals surface area contributed by atoms with Gasteiger partial charge < -0.3 is 9.30 Å². The number of benzene rings is 1. The lowest BCUT2D eigenvalue weighted by Gasteiger charge is -2.05. The Labute approximate surface area is 86.1 Å². The smallest absolute Gasteiger partial charge is 0.120 e. The van der Waals surface area contributed by atoms with E-state index < -0.39 is 7.80 Å². The second-order valence-electron chi connectivity index (χ2n) is 2.99. The fourth-order valence-corrected chi connectivity index (χ4v) is 2.43. The SMILES string of the molecule is [CH2]CC[PH](=O)c1cccc(OCC)c1. The van der Waals surface area contributed by atoms with Crippen molar-refractivity contribution >= 4 is 13.1 Å². The van der Waals surface area contributed by atoms with Crippen LogP contribution < -0.4 is 10.0 Å². The van der Waals surface area contributed by atoms with Crippen LogP contribution >= 0.6 is 7.80 Å². The average Bonchev–Trinajstić information content (AvgIpc) is 2.19. The molecule has 0 spiro atoms. The summed E-state index contributed by atoms with van der Waals surface area (Å²) in [7, 11) is -1.65. The molecule has 0 N–H and O–H groups in total. The van der Waals surface area contributed by atoms with E-state index >= 15 is 0 Å². The first-order valence-electron chi connectivity index (χ1n) is 4.83. The molecule has 3 heteroatoms. The zero-order chi connectivity index (χ0) is 10.4. The Morgan fingerprint density at radius 3 is 2.93 bits per heavy atom. The molecule has 1 atom stereocenters. The van der Waals surface area contributed by atoms with Crippen LogP contribution in [0.25, 0.3) is 0 Å². The number of hydrogen-bond donors (Lipinski definition) is 0. The molecule has 0 saturated carbocycles. The van der Waals surface area contributed by atoms with Gasteiger partial charge in [0.25, 0.3) is 0 Å². The van der Waals surface area contributed by atoms with Gasteiger partial charge in [-0.25, -0.2) is 0 Å². The Morgan fingerprint density at radius 2 is 2.29 bits per heavy atom. The third-order valence-electron chi connectivity index (χ3n) is 1.87. The maximum Gasteiger partial charge on any atom is 0.120 e. The molecule has 14 heavy (non-hydrogen) atoms. The van der Waals surface area contributed by atoms with Crippen molar-refractivity contribution in [2.24, 2.45) is 0 Å². The van der Waals surface area contributed by atoms with Crippen molar-refractivity contribution in [2.75, 3.05) is 12.8 Å². The first kappa shape index (κ1) is 11.3. The number of hydrogen-bond acceptors (Lipinski definition) is 2. The summed E-state index contributed by atoms with van der Waals surface area (Å²) in [6, 6.07) is 7.51. The molecule has 1 rings (SSSR count). The van der Waals surface area contributed by atoms with Gasteiger partial charge in [0, 0.05) is 11.5 Å². The fourth-order valence-electron chi connectivity index (χ4n) is 1.23. The zero-order valence-electron chi connectivity index (χ0n) is 8.45. The number of ether oxygens (including phenoxy) is 1. The molecule has 77 valence electrons. The first-order valence-corrected chi connectivity index (χ1v) is 6.44. The summed E-state index contributed by atoms with van der Waals surface area (Å²) >= 11 is 0. The Kier molecular flexibility index (Phi) is 4.75. The normalized spacial score (nSPS) is 12.4. The highest BCUT2D eigenvalue weighted by molar-refractivity contribution is 7.53. The third kappa shape index (κ3) is 3.19. The summed E-state index contributed by atoms with van der Waals surface area (Å²) in [5.41, 5.74) is 0. The van der Waals surface area contributed by atoms with Crippen LogP contribution in [0.4, 0.5) is 0 Å². The molecule has 2 nitrogen and oxygen atoms in total. The van der Waals surface area contributed by atoms with E-state index in [4.69, 9.17) is 4.74 Å². The summed E-state index contributed by atoms with van der Waals surface area (Å²) in [5, 5.41) is 0.893. The quantitative estimate of drug-likeness (QED) is 0.699. The van der Waals surface area contributed by atoms with Crippen LogP contribution in [-0.2, 0) is 4.57 Å². The van der Waals surface area contributed by atoms with Crippen LogP contribution in [0.2, 0.25) is 0 Å². The van der Waals surface area contributed by atoms with E-state index in [9.17, 15) is 4.57 Å². The standard InChI is InChI=1S/C11H16O2P/c1-3-8-14(12)11-7-5-6-10(9-11)13-4-2/h5-7,9,14H,1,3-4,8H2,2H3. The van der Waals surface area contributed by atoms with Crippen molar-refractivity contribution < 1.29 is 9.30 Å². The molecule has 0 heterocycles. The largest absolute Gasteiger partial charge is 0.494 e. The molecule has 0 aliphatic rings. The van der Waals surface area contributed by atoms with E-state index in [1.807, 2.05) is 31.2 Å². The number of rotatable bonds is 5. The molecule has 1 aromatic carbocycles. The van der Waals surface area contributed by atoms with Crippen molar-refractivity contribution in [3.8, 4) is 5.75 Å². The minimum absolute atomic E-state index is 0.639. The van der Waals surface area contributed by atoms with Gasteiger partial charge in [-0.1, -0.05) is 19.1 Å². The van der Waals surface area contributed by atoms with Crippen LogP contribution in [0.3, 0.4) is 0 Å². The van der Waals surface area contributed by atoms with Gasteiger partial charge in [0.05, 0.1) is 6.61 Å². The van der Waals surface area contributed by atoms with Crippen LogP contribution in [0.1, 0.15) is 13.3 Å². The Bertz CT molecular complexity index is 310. The Morgan fingerprint density at radius 1 is 1.50 bits per heavy atom. The monoisotopic (exact) mass is 211 g/mol. The first-order chi connectivity index (χ1) is 6.77. The van der Waals surface area contributed by atoms with E-state index in [-0.39, 0.29) is 0 Å². The molecule has 1 radical (unpaired) electrons. The van der Waals surface area contributed by atoms with Crippen molar-refractivity contribution in [3.05, 3.63) is 31.2 Å². The van der Waals surface area contributed by atoms with Gasteiger partial charge in [0.15, 0.2) is 0 Å². The minimum Gasteiger partial charge on any atom is -0.494 e.